The Hall–Kier alpha value is -7.42. The van der Waals surface area contributed by atoms with Gasteiger partial charge in [-0.05, 0) is 129 Å². The van der Waals surface area contributed by atoms with E-state index in [0.29, 0.717) is 0 Å². The van der Waals surface area contributed by atoms with E-state index in [4.69, 9.17) is 0 Å². The molecule has 1 aliphatic carbocycles. The Morgan fingerprint density at radius 1 is 0.271 bits per heavy atom. The van der Waals surface area contributed by atoms with Crippen LogP contribution >= 0.6 is 0 Å². The van der Waals surface area contributed by atoms with Gasteiger partial charge in [0.1, 0.15) is 0 Å². The molecule has 1 aliphatic rings. The van der Waals surface area contributed by atoms with E-state index in [0.717, 1.165) is 17.3 Å². The quantitative estimate of drug-likeness (QED) is 0.153. The Bertz CT molecular complexity index is 3360. The number of para-hydroxylation sites is 2. The summed E-state index contributed by atoms with van der Waals surface area (Å²) in [7, 11) is 0. The van der Waals surface area contributed by atoms with Crippen LogP contribution in [0.25, 0.3) is 99.5 Å². The van der Waals surface area contributed by atoms with Crippen molar-refractivity contribution in [2.75, 3.05) is 0 Å². The summed E-state index contributed by atoms with van der Waals surface area (Å²) < 4.78 is 4.83. The normalized spacial score (nSPS) is 12.9. The SMILES string of the molecule is c1ccc(-c2ccc(-n3c4ccccc4c4cc(-c5ccc6c(c5)c5ccccc5n6-c5cccc(-c6ccc(-c7cccc(C8CC8)c7)cc6)c5)ccc43)cc2)cc1. The number of aromatic nitrogens is 2. The first kappa shape index (κ1) is 33.7. The highest BCUT2D eigenvalue weighted by atomic mass is 15.0. The standard InChI is InChI=1S/C57H40N2/c1-2-10-38(11-3-1)39-26-30-48(31-27-39)58-54-18-6-4-16-50(54)52-36-46(28-32-56(52)58)47-29-33-57-53(37-47)51-17-5-7-19-55(51)59(57)49-15-9-14-45(35-49)42-24-22-41(23-25-42)44-13-8-12-43(34-44)40-20-21-40/h1-19,22-37,40H,20-21H2. The third-order valence-corrected chi connectivity index (χ3v) is 12.5. The van der Waals surface area contributed by atoms with Crippen molar-refractivity contribution in [1.29, 1.82) is 0 Å². The molecule has 12 rings (SSSR count). The second kappa shape index (κ2) is 13.6. The van der Waals surface area contributed by atoms with Crippen molar-refractivity contribution in [3.8, 4) is 55.9 Å². The minimum absolute atomic E-state index is 0.753. The van der Waals surface area contributed by atoms with Crippen LogP contribution in [0.15, 0.2) is 212 Å². The van der Waals surface area contributed by atoms with E-state index in [9.17, 15) is 0 Å². The third kappa shape index (κ3) is 5.79. The first-order valence-electron chi connectivity index (χ1n) is 20.8. The Labute approximate surface area is 343 Å². The average molecular weight is 753 g/mol. The number of benzene rings is 9. The van der Waals surface area contributed by atoms with Gasteiger partial charge in [0.15, 0.2) is 0 Å². The van der Waals surface area contributed by atoms with Crippen LogP contribution in [0.1, 0.15) is 24.3 Å². The Morgan fingerprint density at radius 3 is 1.31 bits per heavy atom. The summed E-state index contributed by atoms with van der Waals surface area (Å²) in [5.74, 6) is 0.753. The molecule has 0 amide bonds. The van der Waals surface area contributed by atoms with Crippen LogP contribution in [0.4, 0.5) is 0 Å². The highest BCUT2D eigenvalue weighted by molar-refractivity contribution is 6.12. The summed E-state index contributed by atoms with van der Waals surface area (Å²) in [5.41, 5.74) is 18.5. The molecule has 2 aromatic heterocycles. The maximum absolute atomic E-state index is 2.43. The van der Waals surface area contributed by atoms with Gasteiger partial charge in [-0.2, -0.15) is 0 Å². The fourth-order valence-electron chi connectivity index (χ4n) is 9.36. The molecule has 0 saturated heterocycles. The summed E-state index contributed by atoms with van der Waals surface area (Å²) in [5, 5.41) is 5.02. The fourth-order valence-corrected chi connectivity index (χ4v) is 9.36. The molecule has 2 nitrogen and oxygen atoms in total. The van der Waals surface area contributed by atoms with Crippen LogP contribution in [0.2, 0.25) is 0 Å². The molecule has 0 bridgehead atoms. The molecule has 0 spiro atoms. The topological polar surface area (TPSA) is 9.86 Å². The zero-order valence-electron chi connectivity index (χ0n) is 32.6. The summed E-state index contributed by atoms with van der Waals surface area (Å²) in [4.78, 5) is 0. The molecule has 278 valence electrons. The molecule has 9 aromatic carbocycles. The Balaban J connectivity index is 0.916. The predicted molar refractivity (Wildman–Crippen MR) is 249 cm³/mol. The van der Waals surface area contributed by atoms with Crippen LogP contribution in [0.3, 0.4) is 0 Å². The lowest BCUT2D eigenvalue weighted by Crippen LogP contribution is -1.94. The number of fused-ring (bicyclic) bond motifs is 6. The van der Waals surface area contributed by atoms with Gasteiger partial charge in [-0.25, -0.2) is 0 Å². The van der Waals surface area contributed by atoms with E-state index in [1.165, 1.54) is 107 Å². The van der Waals surface area contributed by atoms with Crippen molar-refractivity contribution < 1.29 is 0 Å². The molecule has 1 fully saturated rings. The molecule has 0 atom stereocenters. The van der Waals surface area contributed by atoms with Gasteiger partial charge in [-0.15, -0.1) is 0 Å². The van der Waals surface area contributed by atoms with Gasteiger partial charge in [0, 0.05) is 32.9 Å². The van der Waals surface area contributed by atoms with E-state index in [2.05, 4.69) is 221 Å². The summed E-state index contributed by atoms with van der Waals surface area (Å²) in [6.45, 7) is 0. The van der Waals surface area contributed by atoms with Gasteiger partial charge in [0.2, 0.25) is 0 Å². The van der Waals surface area contributed by atoms with Crippen LogP contribution in [-0.2, 0) is 0 Å². The molecule has 11 aromatic rings. The van der Waals surface area contributed by atoms with Gasteiger partial charge < -0.3 is 9.13 Å². The van der Waals surface area contributed by atoms with Crippen molar-refractivity contribution >= 4 is 43.6 Å². The van der Waals surface area contributed by atoms with Crippen LogP contribution in [0, 0.1) is 0 Å². The highest BCUT2D eigenvalue weighted by Gasteiger charge is 2.23. The lowest BCUT2D eigenvalue weighted by Gasteiger charge is -2.12. The fraction of sp³-hybridized carbons (Fsp3) is 0.0526. The van der Waals surface area contributed by atoms with Crippen molar-refractivity contribution in [3.05, 3.63) is 218 Å². The van der Waals surface area contributed by atoms with Gasteiger partial charge in [0.05, 0.1) is 22.1 Å². The van der Waals surface area contributed by atoms with Gasteiger partial charge in [0.25, 0.3) is 0 Å². The Kier molecular flexibility index (Phi) is 7.77. The molecule has 0 aliphatic heterocycles. The zero-order valence-corrected chi connectivity index (χ0v) is 32.6. The molecular weight excluding hydrogens is 713 g/mol. The van der Waals surface area contributed by atoms with E-state index in [1.807, 2.05) is 0 Å². The molecule has 0 N–H and O–H groups in total. The van der Waals surface area contributed by atoms with Crippen molar-refractivity contribution in [2.24, 2.45) is 0 Å². The van der Waals surface area contributed by atoms with Crippen molar-refractivity contribution in [1.82, 2.24) is 9.13 Å². The molecule has 2 heteroatoms. The third-order valence-electron chi connectivity index (χ3n) is 12.5. The largest absolute Gasteiger partial charge is 0.309 e. The smallest absolute Gasteiger partial charge is 0.0541 e. The Morgan fingerprint density at radius 2 is 0.695 bits per heavy atom. The van der Waals surface area contributed by atoms with E-state index in [1.54, 1.807) is 0 Å². The van der Waals surface area contributed by atoms with E-state index >= 15 is 0 Å². The molecule has 0 unspecified atom stereocenters. The first-order valence-corrected chi connectivity index (χ1v) is 20.8. The van der Waals surface area contributed by atoms with Crippen LogP contribution < -0.4 is 0 Å². The van der Waals surface area contributed by atoms with E-state index in [-0.39, 0.29) is 0 Å². The number of rotatable bonds is 7. The highest BCUT2D eigenvalue weighted by Crippen LogP contribution is 2.42. The van der Waals surface area contributed by atoms with Crippen molar-refractivity contribution in [2.45, 2.75) is 18.8 Å². The van der Waals surface area contributed by atoms with Gasteiger partial charge >= 0.3 is 0 Å². The molecule has 1 saturated carbocycles. The number of hydrogen-bond acceptors (Lipinski definition) is 0. The minimum atomic E-state index is 0.753. The zero-order chi connectivity index (χ0) is 38.9. The monoisotopic (exact) mass is 752 g/mol. The second-order valence-corrected chi connectivity index (χ2v) is 16.1. The first-order chi connectivity index (χ1) is 29.2. The summed E-state index contributed by atoms with van der Waals surface area (Å²) in [6, 6.07) is 78.3. The molecule has 2 heterocycles. The molecular formula is C57H40N2. The second-order valence-electron chi connectivity index (χ2n) is 16.1. The lowest BCUT2D eigenvalue weighted by atomic mass is 9.98. The maximum atomic E-state index is 2.43. The van der Waals surface area contributed by atoms with Gasteiger partial charge in [-0.3, -0.25) is 0 Å². The maximum Gasteiger partial charge on any atom is 0.0541 e. The lowest BCUT2D eigenvalue weighted by molar-refractivity contribution is 1.13. The summed E-state index contributed by atoms with van der Waals surface area (Å²) >= 11 is 0. The van der Waals surface area contributed by atoms with Crippen molar-refractivity contribution in [3.63, 3.8) is 0 Å². The molecule has 0 radical (unpaired) electrons. The van der Waals surface area contributed by atoms with Crippen LogP contribution in [0.5, 0.6) is 0 Å². The predicted octanol–water partition coefficient (Wildman–Crippen LogP) is 15.4. The summed E-state index contributed by atoms with van der Waals surface area (Å²) in [6.07, 6.45) is 2.64. The average Bonchev–Trinajstić information content (AvgIpc) is 4.05. The van der Waals surface area contributed by atoms with Gasteiger partial charge in [-0.1, -0.05) is 152 Å². The minimum Gasteiger partial charge on any atom is -0.309 e. The number of hydrogen-bond donors (Lipinski definition) is 0. The van der Waals surface area contributed by atoms with E-state index < -0.39 is 0 Å². The van der Waals surface area contributed by atoms with Crippen LogP contribution in [-0.4, -0.2) is 9.13 Å². The number of nitrogens with zero attached hydrogens (tertiary/aromatic N) is 2. The molecule has 59 heavy (non-hydrogen) atoms.